The standard InChI is InChI=1S/C9H5BrI2S/c10-4-8-9(12)6-2-1-5(11)3-7(6)13-8/h1-3H,4H2. The Morgan fingerprint density at radius 3 is 2.77 bits per heavy atom. The summed E-state index contributed by atoms with van der Waals surface area (Å²) < 4.78 is 4.10. The highest BCUT2D eigenvalue weighted by atomic mass is 127. The number of rotatable bonds is 1. The van der Waals surface area contributed by atoms with Crippen LogP contribution in [0.5, 0.6) is 0 Å². The van der Waals surface area contributed by atoms with Crippen molar-refractivity contribution >= 4 is 82.5 Å². The van der Waals surface area contributed by atoms with E-state index in [1.54, 1.807) is 0 Å². The van der Waals surface area contributed by atoms with Gasteiger partial charge in [-0.2, -0.15) is 0 Å². The molecule has 68 valence electrons. The Morgan fingerprint density at radius 2 is 2.08 bits per heavy atom. The molecule has 0 bridgehead atoms. The average molecular weight is 479 g/mol. The smallest absolute Gasteiger partial charge is 0.0388 e. The molecule has 0 saturated carbocycles. The molecule has 13 heavy (non-hydrogen) atoms. The van der Waals surface area contributed by atoms with E-state index < -0.39 is 0 Å². The molecule has 0 unspecified atom stereocenters. The predicted molar refractivity (Wildman–Crippen MR) is 79.9 cm³/mol. The summed E-state index contributed by atoms with van der Waals surface area (Å²) in [6, 6.07) is 6.62. The molecule has 0 fully saturated rings. The highest BCUT2D eigenvalue weighted by molar-refractivity contribution is 14.1. The maximum atomic E-state index is 3.51. The van der Waals surface area contributed by atoms with Crippen LogP contribution in [0.2, 0.25) is 0 Å². The first-order valence-electron chi connectivity index (χ1n) is 3.65. The Balaban J connectivity index is 2.76. The minimum Gasteiger partial charge on any atom is -0.138 e. The van der Waals surface area contributed by atoms with Crippen molar-refractivity contribution in [1.29, 1.82) is 0 Å². The molecule has 0 aliphatic carbocycles. The topological polar surface area (TPSA) is 0 Å². The summed E-state index contributed by atoms with van der Waals surface area (Å²) >= 11 is 10.2. The Bertz CT molecular complexity index is 450. The molecule has 0 radical (unpaired) electrons. The van der Waals surface area contributed by atoms with E-state index in [-0.39, 0.29) is 0 Å². The molecule has 0 saturated heterocycles. The summed E-state index contributed by atoms with van der Waals surface area (Å²) in [5.41, 5.74) is 0. The number of hydrogen-bond donors (Lipinski definition) is 0. The van der Waals surface area contributed by atoms with E-state index in [1.165, 1.54) is 22.1 Å². The summed E-state index contributed by atoms with van der Waals surface area (Å²) in [6.45, 7) is 0. The van der Waals surface area contributed by atoms with Gasteiger partial charge in [0, 0.05) is 27.4 Å². The van der Waals surface area contributed by atoms with Crippen molar-refractivity contribution in [1.82, 2.24) is 0 Å². The molecule has 0 aliphatic heterocycles. The first-order chi connectivity index (χ1) is 6.22. The molecule has 1 aromatic heterocycles. The third-order valence-electron chi connectivity index (χ3n) is 1.78. The molecule has 2 aromatic rings. The zero-order valence-corrected chi connectivity index (χ0v) is 13.2. The van der Waals surface area contributed by atoms with Crippen LogP contribution in [0.4, 0.5) is 0 Å². The number of fused-ring (bicyclic) bond motifs is 1. The highest BCUT2D eigenvalue weighted by Crippen LogP contribution is 2.34. The fraction of sp³-hybridized carbons (Fsp3) is 0.111. The first kappa shape index (κ1) is 10.6. The summed E-state index contributed by atoms with van der Waals surface area (Å²) in [5, 5.41) is 2.35. The normalized spacial score (nSPS) is 11.0. The van der Waals surface area contributed by atoms with E-state index in [0.29, 0.717) is 0 Å². The van der Waals surface area contributed by atoms with Gasteiger partial charge in [-0.15, -0.1) is 11.3 Å². The molecule has 2 rings (SSSR count). The van der Waals surface area contributed by atoms with Crippen LogP contribution in [0.3, 0.4) is 0 Å². The Morgan fingerprint density at radius 1 is 1.31 bits per heavy atom. The van der Waals surface area contributed by atoms with Crippen LogP contribution >= 0.6 is 72.4 Å². The van der Waals surface area contributed by atoms with Gasteiger partial charge in [-0.05, 0) is 57.3 Å². The largest absolute Gasteiger partial charge is 0.138 e. The van der Waals surface area contributed by atoms with Crippen LogP contribution in [0.1, 0.15) is 4.88 Å². The molecular weight excluding hydrogens is 474 g/mol. The lowest BCUT2D eigenvalue weighted by Crippen LogP contribution is -1.73. The van der Waals surface area contributed by atoms with Crippen LogP contribution in [0.15, 0.2) is 18.2 Å². The van der Waals surface area contributed by atoms with Crippen molar-refractivity contribution in [2.75, 3.05) is 0 Å². The minimum absolute atomic E-state index is 0.960. The van der Waals surface area contributed by atoms with E-state index in [9.17, 15) is 0 Å². The zero-order chi connectivity index (χ0) is 9.42. The van der Waals surface area contributed by atoms with Crippen molar-refractivity contribution < 1.29 is 0 Å². The molecule has 0 atom stereocenters. The zero-order valence-electron chi connectivity index (χ0n) is 6.48. The molecular formula is C9H5BrI2S. The van der Waals surface area contributed by atoms with E-state index in [0.717, 1.165) is 5.33 Å². The summed E-state index contributed by atoms with van der Waals surface area (Å²) in [5.74, 6) is 0. The fourth-order valence-electron chi connectivity index (χ4n) is 1.18. The Labute approximate surface area is 117 Å². The van der Waals surface area contributed by atoms with Gasteiger partial charge < -0.3 is 0 Å². The third kappa shape index (κ3) is 2.05. The van der Waals surface area contributed by atoms with E-state index in [4.69, 9.17) is 0 Å². The van der Waals surface area contributed by atoms with Crippen molar-refractivity contribution in [3.8, 4) is 0 Å². The van der Waals surface area contributed by atoms with Gasteiger partial charge >= 0.3 is 0 Å². The lowest BCUT2D eigenvalue weighted by molar-refractivity contribution is 1.55. The Hall–Kier alpha value is 1.12. The van der Waals surface area contributed by atoms with E-state index in [2.05, 4.69) is 79.3 Å². The van der Waals surface area contributed by atoms with Crippen molar-refractivity contribution in [2.45, 2.75) is 5.33 Å². The van der Waals surface area contributed by atoms with Gasteiger partial charge in [0.25, 0.3) is 0 Å². The highest BCUT2D eigenvalue weighted by Gasteiger charge is 2.08. The molecule has 4 heteroatoms. The summed E-state index contributed by atoms with van der Waals surface area (Å²) in [4.78, 5) is 1.43. The fourth-order valence-corrected chi connectivity index (χ4v) is 5.19. The van der Waals surface area contributed by atoms with Gasteiger partial charge in [0.15, 0.2) is 0 Å². The van der Waals surface area contributed by atoms with Crippen LogP contribution in [0.25, 0.3) is 10.1 Å². The number of hydrogen-bond acceptors (Lipinski definition) is 1. The van der Waals surface area contributed by atoms with Gasteiger partial charge in [0.2, 0.25) is 0 Å². The lowest BCUT2D eigenvalue weighted by Gasteiger charge is -1.91. The van der Waals surface area contributed by atoms with Gasteiger partial charge in [-0.3, -0.25) is 0 Å². The molecule has 0 aliphatic rings. The number of benzene rings is 1. The van der Waals surface area contributed by atoms with Gasteiger partial charge in [0.05, 0.1) is 0 Å². The van der Waals surface area contributed by atoms with Crippen molar-refractivity contribution in [2.24, 2.45) is 0 Å². The number of thiophene rings is 1. The quantitative estimate of drug-likeness (QED) is 0.399. The molecule has 0 N–H and O–H groups in total. The maximum absolute atomic E-state index is 3.51. The number of alkyl halides is 1. The van der Waals surface area contributed by atoms with Crippen LogP contribution < -0.4 is 0 Å². The second-order valence-corrected chi connectivity index (χ2v) is 6.64. The van der Waals surface area contributed by atoms with Gasteiger partial charge in [-0.1, -0.05) is 22.0 Å². The monoisotopic (exact) mass is 478 g/mol. The second-order valence-electron chi connectivity index (χ2n) is 2.61. The summed E-state index contributed by atoms with van der Waals surface area (Å²) in [7, 11) is 0. The molecule has 0 spiro atoms. The Kier molecular flexibility index (Phi) is 3.53. The van der Waals surface area contributed by atoms with Crippen LogP contribution in [-0.4, -0.2) is 0 Å². The lowest BCUT2D eigenvalue weighted by atomic mass is 10.2. The second kappa shape index (κ2) is 4.32. The van der Waals surface area contributed by atoms with E-state index >= 15 is 0 Å². The first-order valence-corrected chi connectivity index (χ1v) is 7.74. The SMILES string of the molecule is BrCc1sc2cc(I)ccc2c1I. The molecule has 1 heterocycles. The average Bonchev–Trinajstić information content (AvgIpc) is 2.42. The van der Waals surface area contributed by atoms with Crippen molar-refractivity contribution in [3.05, 3.63) is 30.2 Å². The van der Waals surface area contributed by atoms with Crippen LogP contribution in [0, 0.1) is 7.14 Å². The number of halogens is 3. The molecule has 0 amide bonds. The molecule has 0 nitrogen and oxygen atoms in total. The van der Waals surface area contributed by atoms with E-state index in [1.807, 2.05) is 11.3 Å². The maximum Gasteiger partial charge on any atom is 0.0388 e. The molecule has 1 aromatic carbocycles. The van der Waals surface area contributed by atoms with Crippen LogP contribution in [-0.2, 0) is 5.33 Å². The predicted octanol–water partition coefficient (Wildman–Crippen LogP) is 5.01. The van der Waals surface area contributed by atoms with Gasteiger partial charge in [-0.25, -0.2) is 0 Å². The van der Waals surface area contributed by atoms with Gasteiger partial charge in [0.1, 0.15) is 0 Å². The summed E-state index contributed by atoms with van der Waals surface area (Å²) in [6.07, 6.45) is 0. The minimum atomic E-state index is 0.960. The van der Waals surface area contributed by atoms with Crippen molar-refractivity contribution in [3.63, 3.8) is 0 Å². The third-order valence-corrected chi connectivity index (χ3v) is 6.13.